The maximum Gasteiger partial charge on any atom is 0.408 e. The van der Waals surface area contributed by atoms with Crippen LogP contribution in [0.1, 0.15) is 33.6 Å². The second-order valence-electron chi connectivity index (χ2n) is 4.77. The molecular formula is C10H18N2O3. The largest absolute Gasteiger partial charge is 0.465 e. The monoisotopic (exact) mass is 214 g/mol. The van der Waals surface area contributed by atoms with Crippen LogP contribution in [0.15, 0.2) is 0 Å². The molecule has 5 heteroatoms. The van der Waals surface area contributed by atoms with Crippen LogP contribution in [0, 0.1) is 0 Å². The summed E-state index contributed by atoms with van der Waals surface area (Å²) in [5, 5.41) is 11.8. The zero-order valence-electron chi connectivity index (χ0n) is 9.41. The number of carbonyl (C=O) groups is 2. The van der Waals surface area contributed by atoms with Gasteiger partial charge < -0.3 is 10.4 Å². The second kappa shape index (κ2) is 4.08. The number of nitrogens with one attached hydrogen (secondary N) is 1. The summed E-state index contributed by atoms with van der Waals surface area (Å²) in [6.07, 6.45) is 0.399. The van der Waals surface area contributed by atoms with Gasteiger partial charge in [0, 0.05) is 12.1 Å². The molecule has 0 aliphatic carbocycles. The Morgan fingerprint density at radius 3 is 2.53 bits per heavy atom. The highest BCUT2D eigenvalue weighted by Crippen LogP contribution is 2.21. The van der Waals surface area contributed by atoms with Gasteiger partial charge in [-0.2, -0.15) is 0 Å². The fraction of sp³-hybridized carbons (Fsp3) is 0.800. The number of carbonyl (C=O) groups excluding carboxylic acids is 1. The van der Waals surface area contributed by atoms with Crippen LogP contribution in [-0.2, 0) is 4.79 Å². The number of nitrogens with zero attached hydrogens (tertiary/aromatic N) is 1. The van der Waals surface area contributed by atoms with E-state index in [1.54, 1.807) is 20.8 Å². The predicted molar refractivity (Wildman–Crippen MR) is 55.6 cm³/mol. The van der Waals surface area contributed by atoms with E-state index in [1.807, 2.05) is 0 Å². The van der Waals surface area contributed by atoms with Gasteiger partial charge in [-0.15, -0.1) is 0 Å². The Morgan fingerprint density at radius 2 is 2.13 bits per heavy atom. The standard InChI is InChI=1S/C10H18N2O3/c1-10(2,3)12(9(14)15)7-5-4-6-11-8(7)13/h7H,4-6H2,1-3H3,(H,11,13)(H,14,15)/t7-/m1/s1. The number of hydrogen-bond acceptors (Lipinski definition) is 2. The van der Waals surface area contributed by atoms with E-state index in [1.165, 1.54) is 4.90 Å². The summed E-state index contributed by atoms with van der Waals surface area (Å²) in [4.78, 5) is 23.9. The lowest BCUT2D eigenvalue weighted by Crippen LogP contribution is -2.58. The average molecular weight is 214 g/mol. The smallest absolute Gasteiger partial charge is 0.408 e. The molecule has 1 heterocycles. The van der Waals surface area contributed by atoms with Gasteiger partial charge in [-0.25, -0.2) is 4.79 Å². The van der Waals surface area contributed by atoms with Crippen molar-refractivity contribution < 1.29 is 14.7 Å². The molecule has 2 N–H and O–H groups in total. The summed E-state index contributed by atoms with van der Waals surface area (Å²) in [7, 11) is 0. The molecule has 15 heavy (non-hydrogen) atoms. The first kappa shape index (κ1) is 11.8. The van der Waals surface area contributed by atoms with Gasteiger partial charge in [0.1, 0.15) is 6.04 Å². The van der Waals surface area contributed by atoms with E-state index in [4.69, 9.17) is 5.11 Å². The fourth-order valence-electron chi connectivity index (χ4n) is 1.89. The minimum atomic E-state index is -1.04. The van der Waals surface area contributed by atoms with Crippen molar-refractivity contribution in [1.29, 1.82) is 0 Å². The molecule has 0 aromatic carbocycles. The van der Waals surface area contributed by atoms with Crippen molar-refractivity contribution in [3.8, 4) is 0 Å². The minimum Gasteiger partial charge on any atom is -0.465 e. The summed E-state index contributed by atoms with van der Waals surface area (Å²) in [6.45, 7) is 6.03. The van der Waals surface area contributed by atoms with Crippen molar-refractivity contribution in [2.45, 2.75) is 45.2 Å². The summed E-state index contributed by atoms with van der Waals surface area (Å²) in [6, 6.07) is -0.545. The van der Waals surface area contributed by atoms with E-state index in [2.05, 4.69) is 5.32 Å². The second-order valence-corrected chi connectivity index (χ2v) is 4.77. The highest BCUT2D eigenvalue weighted by atomic mass is 16.4. The van der Waals surface area contributed by atoms with E-state index < -0.39 is 17.7 Å². The molecule has 0 saturated carbocycles. The lowest BCUT2D eigenvalue weighted by atomic mass is 9.98. The van der Waals surface area contributed by atoms with Crippen molar-refractivity contribution in [2.75, 3.05) is 6.54 Å². The maximum atomic E-state index is 11.6. The molecule has 0 unspecified atom stereocenters. The molecule has 1 rings (SSSR count). The van der Waals surface area contributed by atoms with Gasteiger partial charge >= 0.3 is 6.09 Å². The molecule has 0 aromatic rings. The Labute approximate surface area is 89.4 Å². The van der Waals surface area contributed by atoms with E-state index in [0.29, 0.717) is 13.0 Å². The zero-order chi connectivity index (χ0) is 11.6. The van der Waals surface area contributed by atoms with Gasteiger partial charge in [-0.05, 0) is 33.6 Å². The normalized spacial score (nSPS) is 22.1. The molecular weight excluding hydrogens is 196 g/mol. The zero-order valence-corrected chi connectivity index (χ0v) is 9.41. The highest BCUT2D eigenvalue weighted by Gasteiger charge is 2.38. The summed E-state index contributed by atoms with van der Waals surface area (Å²) in [5.41, 5.74) is -0.550. The van der Waals surface area contributed by atoms with Crippen molar-refractivity contribution in [1.82, 2.24) is 10.2 Å². The first-order chi connectivity index (χ1) is 6.84. The highest BCUT2D eigenvalue weighted by molar-refractivity contribution is 5.86. The Kier molecular flexibility index (Phi) is 3.21. The third-order valence-corrected chi connectivity index (χ3v) is 2.50. The summed E-state index contributed by atoms with van der Waals surface area (Å²) in [5.74, 6) is -0.182. The molecule has 1 atom stereocenters. The van der Waals surface area contributed by atoms with E-state index in [-0.39, 0.29) is 5.91 Å². The van der Waals surface area contributed by atoms with Crippen LogP contribution in [0.2, 0.25) is 0 Å². The molecule has 0 radical (unpaired) electrons. The van der Waals surface area contributed by atoms with Crippen molar-refractivity contribution in [2.24, 2.45) is 0 Å². The average Bonchev–Trinajstić information content (AvgIpc) is 2.05. The van der Waals surface area contributed by atoms with Gasteiger partial charge in [0.05, 0.1) is 0 Å². The third-order valence-electron chi connectivity index (χ3n) is 2.50. The molecule has 5 nitrogen and oxygen atoms in total. The van der Waals surface area contributed by atoms with Crippen LogP contribution in [-0.4, -0.2) is 40.1 Å². The molecule has 1 fully saturated rings. The van der Waals surface area contributed by atoms with Gasteiger partial charge in [-0.3, -0.25) is 9.69 Å². The number of hydrogen-bond donors (Lipinski definition) is 2. The van der Waals surface area contributed by atoms with Crippen LogP contribution in [0.4, 0.5) is 4.79 Å². The number of rotatable bonds is 1. The molecule has 2 amide bonds. The summed E-state index contributed by atoms with van der Waals surface area (Å²) >= 11 is 0. The number of amides is 2. The van der Waals surface area contributed by atoms with Crippen LogP contribution in [0.25, 0.3) is 0 Å². The molecule has 1 aliphatic rings. The number of carboxylic acid groups (broad SMARTS) is 1. The quantitative estimate of drug-likeness (QED) is 0.685. The van der Waals surface area contributed by atoms with Crippen LogP contribution in [0.5, 0.6) is 0 Å². The first-order valence-corrected chi connectivity index (χ1v) is 5.14. The number of piperidine rings is 1. The third kappa shape index (κ3) is 2.61. The minimum absolute atomic E-state index is 0.182. The SMILES string of the molecule is CC(C)(C)N(C(=O)O)[C@@H]1CCCNC1=O. The Balaban J connectivity index is 2.88. The molecule has 86 valence electrons. The fourth-order valence-corrected chi connectivity index (χ4v) is 1.89. The van der Waals surface area contributed by atoms with E-state index >= 15 is 0 Å². The van der Waals surface area contributed by atoms with Crippen molar-refractivity contribution in [3.05, 3.63) is 0 Å². The summed E-state index contributed by atoms with van der Waals surface area (Å²) < 4.78 is 0. The van der Waals surface area contributed by atoms with E-state index in [9.17, 15) is 9.59 Å². The Bertz CT molecular complexity index is 270. The van der Waals surface area contributed by atoms with Crippen molar-refractivity contribution in [3.63, 3.8) is 0 Å². The van der Waals surface area contributed by atoms with Crippen LogP contribution < -0.4 is 5.32 Å². The van der Waals surface area contributed by atoms with Gasteiger partial charge in [-0.1, -0.05) is 0 Å². The van der Waals surface area contributed by atoms with E-state index in [0.717, 1.165) is 6.42 Å². The predicted octanol–water partition coefficient (Wildman–Crippen LogP) is 1.04. The molecule has 0 aromatic heterocycles. The first-order valence-electron chi connectivity index (χ1n) is 5.14. The lowest BCUT2D eigenvalue weighted by Gasteiger charge is -2.40. The Morgan fingerprint density at radius 1 is 1.53 bits per heavy atom. The molecule has 0 bridgehead atoms. The van der Waals surface area contributed by atoms with Gasteiger partial charge in [0.15, 0.2) is 0 Å². The van der Waals surface area contributed by atoms with Crippen LogP contribution >= 0.6 is 0 Å². The maximum absolute atomic E-state index is 11.6. The van der Waals surface area contributed by atoms with Crippen molar-refractivity contribution >= 4 is 12.0 Å². The van der Waals surface area contributed by atoms with Gasteiger partial charge in [0.25, 0.3) is 0 Å². The lowest BCUT2D eigenvalue weighted by molar-refractivity contribution is -0.129. The molecule has 1 saturated heterocycles. The molecule has 0 spiro atoms. The van der Waals surface area contributed by atoms with Gasteiger partial charge in [0.2, 0.25) is 5.91 Å². The van der Waals surface area contributed by atoms with Crippen LogP contribution in [0.3, 0.4) is 0 Å². The topological polar surface area (TPSA) is 69.6 Å². The molecule has 1 aliphatic heterocycles. The Hall–Kier alpha value is -1.26.